The second-order valence-corrected chi connectivity index (χ2v) is 4.45. The van der Waals surface area contributed by atoms with Crippen LogP contribution < -0.4 is 0 Å². The fourth-order valence-electron chi connectivity index (χ4n) is 1.95. The molecule has 0 radical (unpaired) electrons. The third-order valence-corrected chi connectivity index (χ3v) is 3.22. The molecule has 19 heavy (non-hydrogen) atoms. The standard InChI is InChI=1S/C12H12N2O5/c1-6(7(2)15)13-11(16)9-4-3-8(14(18)19)5-10(9)12(13)17/h3-7,15H,1-2H3. The molecule has 1 aliphatic heterocycles. The number of nitro benzene ring substituents is 1. The van der Waals surface area contributed by atoms with Crippen LogP contribution in [-0.4, -0.2) is 38.9 Å². The first-order valence-electron chi connectivity index (χ1n) is 5.69. The molecule has 0 fully saturated rings. The molecule has 7 nitrogen and oxygen atoms in total. The summed E-state index contributed by atoms with van der Waals surface area (Å²) in [5.74, 6) is -1.15. The zero-order valence-electron chi connectivity index (χ0n) is 10.4. The van der Waals surface area contributed by atoms with Gasteiger partial charge in [-0.05, 0) is 19.9 Å². The molecule has 2 unspecified atom stereocenters. The number of nitrogens with zero attached hydrogens (tertiary/aromatic N) is 2. The third kappa shape index (κ3) is 1.97. The summed E-state index contributed by atoms with van der Waals surface area (Å²) < 4.78 is 0. The first-order chi connectivity index (χ1) is 8.84. The lowest BCUT2D eigenvalue weighted by Crippen LogP contribution is -2.43. The van der Waals surface area contributed by atoms with Gasteiger partial charge in [0.15, 0.2) is 0 Å². The molecule has 1 N–H and O–H groups in total. The Hall–Kier alpha value is -2.28. The Labute approximate surface area is 108 Å². The Morgan fingerprint density at radius 1 is 1.21 bits per heavy atom. The quantitative estimate of drug-likeness (QED) is 0.497. The van der Waals surface area contributed by atoms with E-state index < -0.39 is 28.9 Å². The van der Waals surface area contributed by atoms with E-state index in [9.17, 15) is 24.8 Å². The lowest BCUT2D eigenvalue weighted by molar-refractivity contribution is -0.384. The Kier molecular flexibility index (Phi) is 3.07. The predicted octanol–water partition coefficient (Wildman–Crippen LogP) is 0.960. The van der Waals surface area contributed by atoms with Crippen LogP contribution >= 0.6 is 0 Å². The van der Waals surface area contributed by atoms with Crippen LogP contribution in [0, 0.1) is 10.1 Å². The van der Waals surface area contributed by atoms with E-state index in [-0.39, 0.29) is 16.8 Å². The number of fused-ring (bicyclic) bond motifs is 1. The van der Waals surface area contributed by atoms with E-state index >= 15 is 0 Å². The fraction of sp³-hybridized carbons (Fsp3) is 0.333. The van der Waals surface area contributed by atoms with Crippen LogP contribution in [0.3, 0.4) is 0 Å². The normalized spacial score (nSPS) is 17.3. The van der Waals surface area contributed by atoms with E-state index in [0.717, 1.165) is 11.0 Å². The number of hydrogen-bond acceptors (Lipinski definition) is 5. The van der Waals surface area contributed by atoms with Gasteiger partial charge in [-0.3, -0.25) is 24.6 Å². The first-order valence-corrected chi connectivity index (χ1v) is 5.69. The SMILES string of the molecule is CC(O)C(C)N1C(=O)c2ccc([N+](=O)[O-])cc2C1=O. The molecule has 2 rings (SSSR count). The van der Waals surface area contributed by atoms with Crippen molar-refractivity contribution in [3.63, 3.8) is 0 Å². The van der Waals surface area contributed by atoms with Crippen LogP contribution in [0.25, 0.3) is 0 Å². The van der Waals surface area contributed by atoms with Gasteiger partial charge in [0.1, 0.15) is 0 Å². The molecule has 2 atom stereocenters. The minimum absolute atomic E-state index is 0.00620. The number of carbonyl (C=O) groups excluding carboxylic acids is 2. The summed E-state index contributed by atoms with van der Waals surface area (Å²) in [7, 11) is 0. The monoisotopic (exact) mass is 264 g/mol. The van der Waals surface area contributed by atoms with E-state index in [4.69, 9.17) is 0 Å². The van der Waals surface area contributed by atoms with E-state index in [0.29, 0.717) is 0 Å². The van der Waals surface area contributed by atoms with Crippen molar-refractivity contribution in [2.45, 2.75) is 26.0 Å². The first kappa shape index (κ1) is 13.2. The molecule has 1 aromatic rings. The third-order valence-electron chi connectivity index (χ3n) is 3.22. The van der Waals surface area contributed by atoms with E-state index in [1.165, 1.54) is 19.1 Å². The largest absolute Gasteiger partial charge is 0.391 e. The molecule has 0 aliphatic carbocycles. The minimum atomic E-state index is -0.878. The Bertz CT molecular complexity index is 581. The molecule has 1 aliphatic rings. The number of carbonyl (C=O) groups is 2. The minimum Gasteiger partial charge on any atom is -0.391 e. The highest BCUT2D eigenvalue weighted by Gasteiger charge is 2.40. The summed E-state index contributed by atoms with van der Waals surface area (Å²) in [6.45, 7) is 3.01. The molecule has 0 bridgehead atoms. The van der Waals surface area contributed by atoms with Crippen molar-refractivity contribution in [1.82, 2.24) is 4.90 Å². The van der Waals surface area contributed by atoms with Gasteiger partial charge < -0.3 is 5.11 Å². The van der Waals surface area contributed by atoms with Gasteiger partial charge in [0.2, 0.25) is 0 Å². The predicted molar refractivity (Wildman–Crippen MR) is 64.7 cm³/mol. The second kappa shape index (κ2) is 4.43. The molecule has 1 heterocycles. The number of aliphatic hydroxyl groups excluding tert-OH is 1. The summed E-state index contributed by atoms with van der Waals surface area (Å²) in [5, 5.41) is 20.2. The topological polar surface area (TPSA) is 101 Å². The smallest absolute Gasteiger partial charge is 0.270 e. The number of non-ortho nitro benzene ring substituents is 1. The average Bonchev–Trinajstić information content (AvgIpc) is 2.60. The van der Waals surface area contributed by atoms with Gasteiger partial charge in [-0.15, -0.1) is 0 Å². The number of rotatable bonds is 3. The van der Waals surface area contributed by atoms with E-state index in [1.807, 2.05) is 0 Å². The van der Waals surface area contributed by atoms with Crippen LogP contribution in [0.1, 0.15) is 34.6 Å². The van der Waals surface area contributed by atoms with Gasteiger partial charge in [-0.25, -0.2) is 0 Å². The van der Waals surface area contributed by atoms with Gasteiger partial charge in [-0.1, -0.05) is 0 Å². The maximum absolute atomic E-state index is 12.1. The van der Waals surface area contributed by atoms with Crippen molar-refractivity contribution in [3.8, 4) is 0 Å². The highest BCUT2D eigenvalue weighted by Crippen LogP contribution is 2.28. The van der Waals surface area contributed by atoms with Gasteiger partial charge >= 0.3 is 0 Å². The lowest BCUT2D eigenvalue weighted by Gasteiger charge is -2.24. The molecule has 100 valence electrons. The number of nitro groups is 1. The van der Waals surface area contributed by atoms with Gasteiger partial charge in [-0.2, -0.15) is 0 Å². The van der Waals surface area contributed by atoms with E-state index in [1.54, 1.807) is 6.92 Å². The molecule has 0 spiro atoms. The molecule has 0 saturated carbocycles. The number of hydrogen-bond donors (Lipinski definition) is 1. The van der Waals surface area contributed by atoms with Crippen molar-refractivity contribution in [2.75, 3.05) is 0 Å². The van der Waals surface area contributed by atoms with Crippen LogP contribution in [0.5, 0.6) is 0 Å². The summed E-state index contributed by atoms with van der Waals surface area (Å²) in [5.41, 5.74) is -0.110. The van der Waals surface area contributed by atoms with Crippen molar-refractivity contribution < 1.29 is 19.6 Å². The van der Waals surface area contributed by atoms with Gasteiger partial charge in [0.25, 0.3) is 17.5 Å². The molecule has 0 saturated heterocycles. The number of imide groups is 1. The lowest BCUT2D eigenvalue weighted by atomic mass is 10.1. The molecule has 2 amide bonds. The molecule has 7 heteroatoms. The zero-order chi connectivity index (χ0) is 14.3. The fourth-order valence-corrected chi connectivity index (χ4v) is 1.95. The Balaban J connectivity index is 2.47. The van der Waals surface area contributed by atoms with Crippen molar-refractivity contribution in [1.29, 1.82) is 0 Å². The zero-order valence-corrected chi connectivity index (χ0v) is 10.4. The molecule has 1 aromatic carbocycles. The summed E-state index contributed by atoms with van der Waals surface area (Å²) in [6, 6.07) is 2.85. The van der Waals surface area contributed by atoms with Crippen molar-refractivity contribution in [3.05, 3.63) is 39.4 Å². The van der Waals surface area contributed by atoms with Crippen molar-refractivity contribution >= 4 is 17.5 Å². The van der Waals surface area contributed by atoms with Crippen LogP contribution in [0.15, 0.2) is 18.2 Å². The number of benzene rings is 1. The highest BCUT2D eigenvalue weighted by molar-refractivity contribution is 6.21. The van der Waals surface area contributed by atoms with Gasteiger partial charge in [0.05, 0.1) is 28.2 Å². The average molecular weight is 264 g/mol. The second-order valence-electron chi connectivity index (χ2n) is 4.45. The summed E-state index contributed by atoms with van der Waals surface area (Å²) >= 11 is 0. The molecular formula is C12H12N2O5. The summed E-state index contributed by atoms with van der Waals surface area (Å²) in [6.07, 6.45) is -0.878. The van der Waals surface area contributed by atoms with Crippen molar-refractivity contribution in [2.24, 2.45) is 0 Å². The molecule has 0 aromatic heterocycles. The maximum atomic E-state index is 12.1. The Morgan fingerprint density at radius 2 is 1.79 bits per heavy atom. The summed E-state index contributed by atoms with van der Waals surface area (Å²) in [4.78, 5) is 35.1. The van der Waals surface area contributed by atoms with E-state index in [2.05, 4.69) is 0 Å². The molecular weight excluding hydrogens is 252 g/mol. The number of aliphatic hydroxyl groups is 1. The maximum Gasteiger partial charge on any atom is 0.270 e. The van der Waals surface area contributed by atoms with Crippen LogP contribution in [-0.2, 0) is 0 Å². The van der Waals surface area contributed by atoms with Gasteiger partial charge in [0, 0.05) is 12.1 Å². The Morgan fingerprint density at radius 3 is 2.32 bits per heavy atom. The van der Waals surface area contributed by atoms with Crippen LogP contribution in [0.4, 0.5) is 5.69 Å². The van der Waals surface area contributed by atoms with Crippen LogP contribution in [0.2, 0.25) is 0 Å². The highest BCUT2D eigenvalue weighted by atomic mass is 16.6. The number of amides is 2.